The van der Waals surface area contributed by atoms with Crippen molar-refractivity contribution in [1.29, 1.82) is 0 Å². The van der Waals surface area contributed by atoms with E-state index in [2.05, 4.69) is 10.3 Å². The Morgan fingerprint density at radius 3 is 2.79 bits per heavy atom. The van der Waals surface area contributed by atoms with Crippen molar-refractivity contribution in [3.63, 3.8) is 0 Å². The van der Waals surface area contributed by atoms with E-state index in [9.17, 15) is 9.90 Å². The van der Waals surface area contributed by atoms with Crippen LogP contribution in [0.25, 0.3) is 0 Å². The lowest BCUT2D eigenvalue weighted by atomic mass is 10.1. The molecule has 1 aromatic heterocycles. The number of hydrogen-bond donors (Lipinski definition) is 2. The lowest BCUT2D eigenvalue weighted by molar-refractivity contribution is 0.0919. The van der Waals surface area contributed by atoms with Gasteiger partial charge >= 0.3 is 0 Å². The lowest BCUT2D eigenvalue weighted by Crippen LogP contribution is -2.33. The quantitative estimate of drug-likeness (QED) is 0.875. The van der Waals surface area contributed by atoms with Crippen molar-refractivity contribution in [3.05, 3.63) is 52.0 Å². The number of amides is 1. The van der Waals surface area contributed by atoms with Crippen LogP contribution in [0.1, 0.15) is 20.9 Å². The summed E-state index contributed by atoms with van der Waals surface area (Å²) in [6.07, 6.45) is -0.0532. The predicted molar refractivity (Wildman–Crippen MR) is 75.3 cm³/mol. The Labute approximate surface area is 116 Å². The third kappa shape index (κ3) is 3.87. The first-order valence-electron chi connectivity index (χ1n) is 6.07. The Balaban J connectivity index is 1.82. The molecule has 0 fully saturated rings. The summed E-state index contributed by atoms with van der Waals surface area (Å²) in [5, 5.41) is 12.6. The first kappa shape index (κ1) is 13.7. The second-order valence-electron chi connectivity index (χ2n) is 4.32. The molecule has 0 saturated carbocycles. The number of hydrogen-bond acceptors (Lipinski definition) is 4. The van der Waals surface area contributed by atoms with Gasteiger partial charge in [0.25, 0.3) is 5.91 Å². The average molecular weight is 276 g/mol. The summed E-state index contributed by atoms with van der Waals surface area (Å²) >= 11 is 1.31. The van der Waals surface area contributed by atoms with E-state index in [1.54, 1.807) is 12.4 Å². The van der Waals surface area contributed by atoms with Crippen LogP contribution in [-0.4, -0.2) is 28.6 Å². The zero-order chi connectivity index (χ0) is 13.7. The van der Waals surface area contributed by atoms with Crippen LogP contribution in [0.2, 0.25) is 0 Å². The topological polar surface area (TPSA) is 62.2 Å². The zero-order valence-corrected chi connectivity index (χ0v) is 11.5. The van der Waals surface area contributed by atoms with E-state index >= 15 is 0 Å². The molecule has 2 rings (SSSR count). The van der Waals surface area contributed by atoms with Gasteiger partial charge in [-0.2, -0.15) is 0 Å². The Morgan fingerprint density at radius 1 is 1.42 bits per heavy atom. The van der Waals surface area contributed by atoms with Gasteiger partial charge in [0, 0.05) is 13.0 Å². The van der Waals surface area contributed by atoms with Gasteiger partial charge in [0.2, 0.25) is 0 Å². The molecule has 1 unspecified atom stereocenters. The summed E-state index contributed by atoms with van der Waals surface area (Å²) in [6.45, 7) is 2.04. The van der Waals surface area contributed by atoms with E-state index in [-0.39, 0.29) is 12.5 Å². The molecule has 2 N–H and O–H groups in total. The summed E-state index contributed by atoms with van der Waals surface area (Å²) in [7, 11) is 0. The second kappa shape index (κ2) is 6.45. The maximum Gasteiger partial charge on any atom is 0.263 e. The fourth-order valence-electron chi connectivity index (χ4n) is 1.77. The van der Waals surface area contributed by atoms with Crippen molar-refractivity contribution in [2.24, 2.45) is 0 Å². The number of carbonyl (C=O) groups excluding carboxylic acids is 1. The number of carbonyl (C=O) groups is 1. The molecule has 5 heteroatoms. The van der Waals surface area contributed by atoms with Crippen LogP contribution in [0, 0.1) is 6.92 Å². The molecule has 100 valence electrons. The van der Waals surface area contributed by atoms with Gasteiger partial charge in [-0.05, 0) is 12.5 Å². The Bertz CT molecular complexity index is 539. The first-order valence-corrected chi connectivity index (χ1v) is 6.95. The summed E-state index contributed by atoms with van der Waals surface area (Å²) in [6, 6.07) is 9.71. The lowest BCUT2D eigenvalue weighted by Gasteiger charge is -2.11. The third-order valence-electron chi connectivity index (χ3n) is 2.76. The Hall–Kier alpha value is -1.72. The first-order chi connectivity index (χ1) is 9.16. The molecule has 1 heterocycles. The normalized spacial score (nSPS) is 12.1. The van der Waals surface area contributed by atoms with Crippen LogP contribution in [0.3, 0.4) is 0 Å². The number of nitrogens with zero attached hydrogens (tertiary/aromatic N) is 1. The molecule has 1 amide bonds. The molecule has 0 spiro atoms. The Kier molecular flexibility index (Phi) is 4.65. The van der Waals surface area contributed by atoms with Gasteiger partial charge in [-0.25, -0.2) is 4.98 Å². The smallest absolute Gasteiger partial charge is 0.263 e. The highest BCUT2D eigenvalue weighted by molar-refractivity contribution is 7.11. The van der Waals surface area contributed by atoms with Crippen LogP contribution in [0.15, 0.2) is 35.8 Å². The minimum atomic E-state index is -0.584. The molecule has 2 aromatic rings. The van der Waals surface area contributed by atoms with Crippen LogP contribution >= 0.6 is 11.3 Å². The van der Waals surface area contributed by atoms with Gasteiger partial charge in [-0.1, -0.05) is 30.3 Å². The second-order valence-corrected chi connectivity index (χ2v) is 5.18. The number of rotatable bonds is 5. The van der Waals surface area contributed by atoms with Gasteiger partial charge < -0.3 is 10.4 Å². The monoisotopic (exact) mass is 276 g/mol. The van der Waals surface area contributed by atoms with E-state index in [0.29, 0.717) is 11.3 Å². The summed E-state index contributed by atoms with van der Waals surface area (Å²) in [5.74, 6) is -0.174. The molecule has 0 aliphatic carbocycles. The number of aliphatic hydroxyl groups excluding tert-OH is 1. The van der Waals surface area contributed by atoms with E-state index in [0.717, 1.165) is 11.3 Å². The molecule has 19 heavy (non-hydrogen) atoms. The number of aryl methyl sites for hydroxylation is 1. The summed E-state index contributed by atoms with van der Waals surface area (Å²) in [4.78, 5) is 16.5. The summed E-state index contributed by atoms with van der Waals surface area (Å²) < 4.78 is 0. The van der Waals surface area contributed by atoms with Crippen molar-refractivity contribution in [1.82, 2.24) is 10.3 Å². The van der Waals surface area contributed by atoms with Crippen molar-refractivity contribution < 1.29 is 9.90 Å². The highest BCUT2D eigenvalue weighted by Gasteiger charge is 2.13. The SMILES string of the molecule is Cc1ncsc1C(=O)NCC(O)Cc1ccccc1. The van der Waals surface area contributed by atoms with E-state index in [1.807, 2.05) is 30.3 Å². The molecule has 0 saturated heterocycles. The minimum Gasteiger partial charge on any atom is -0.391 e. The molecular weight excluding hydrogens is 260 g/mol. The van der Waals surface area contributed by atoms with Gasteiger partial charge in [0.15, 0.2) is 0 Å². The molecular formula is C14H16N2O2S. The van der Waals surface area contributed by atoms with Crippen LogP contribution in [0.4, 0.5) is 0 Å². The maximum atomic E-state index is 11.8. The maximum absolute atomic E-state index is 11.8. The van der Waals surface area contributed by atoms with Crippen LogP contribution in [0.5, 0.6) is 0 Å². The predicted octanol–water partition coefficient (Wildman–Crippen LogP) is 1.78. The molecule has 0 radical (unpaired) electrons. The van der Waals surface area contributed by atoms with Gasteiger partial charge in [-0.15, -0.1) is 11.3 Å². The molecule has 0 aliphatic rings. The molecule has 1 atom stereocenters. The fourth-order valence-corrected chi connectivity index (χ4v) is 2.49. The van der Waals surface area contributed by atoms with Gasteiger partial charge in [0.05, 0.1) is 17.3 Å². The van der Waals surface area contributed by atoms with Crippen LogP contribution in [-0.2, 0) is 6.42 Å². The van der Waals surface area contributed by atoms with Crippen molar-refractivity contribution >= 4 is 17.2 Å². The number of benzene rings is 1. The van der Waals surface area contributed by atoms with Gasteiger partial charge in [-0.3, -0.25) is 4.79 Å². The highest BCUT2D eigenvalue weighted by atomic mass is 32.1. The molecule has 1 aromatic carbocycles. The standard InChI is InChI=1S/C14H16N2O2S/c1-10-13(19-9-16-10)14(18)15-8-12(17)7-11-5-3-2-4-6-11/h2-6,9,12,17H,7-8H2,1H3,(H,15,18). The van der Waals surface area contributed by atoms with E-state index in [4.69, 9.17) is 0 Å². The van der Waals surface area contributed by atoms with Crippen LogP contribution < -0.4 is 5.32 Å². The third-order valence-corrected chi connectivity index (χ3v) is 3.69. The molecule has 4 nitrogen and oxygen atoms in total. The number of thiazole rings is 1. The fraction of sp³-hybridized carbons (Fsp3) is 0.286. The molecule has 0 bridgehead atoms. The number of nitrogens with one attached hydrogen (secondary N) is 1. The Morgan fingerprint density at radius 2 is 2.16 bits per heavy atom. The van der Waals surface area contributed by atoms with E-state index in [1.165, 1.54) is 11.3 Å². The molecule has 0 aliphatic heterocycles. The number of aliphatic hydroxyl groups is 1. The van der Waals surface area contributed by atoms with Crippen molar-refractivity contribution in [3.8, 4) is 0 Å². The van der Waals surface area contributed by atoms with Crippen molar-refractivity contribution in [2.45, 2.75) is 19.4 Å². The minimum absolute atomic E-state index is 0.174. The number of aromatic nitrogens is 1. The van der Waals surface area contributed by atoms with E-state index < -0.39 is 6.10 Å². The average Bonchev–Trinajstić information content (AvgIpc) is 2.83. The van der Waals surface area contributed by atoms with Gasteiger partial charge in [0.1, 0.15) is 4.88 Å². The summed E-state index contributed by atoms with van der Waals surface area (Å²) in [5.41, 5.74) is 3.42. The highest BCUT2D eigenvalue weighted by Crippen LogP contribution is 2.11. The zero-order valence-electron chi connectivity index (χ0n) is 10.7. The largest absolute Gasteiger partial charge is 0.391 e. The van der Waals surface area contributed by atoms with Crippen molar-refractivity contribution in [2.75, 3.05) is 6.54 Å².